The molecule has 3 rings (SSSR count). The molecule has 0 bridgehead atoms. The van der Waals surface area contributed by atoms with Gasteiger partial charge in [0.05, 0.1) is 18.2 Å². The highest BCUT2D eigenvalue weighted by Gasteiger charge is 2.28. The van der Waals surface area contributed by atoms with E-state index in [1.165, 1.54) is 12.1 Å². The highest BCUT2D eigenvalue weighted by atomic mass is 35.5. The Bertz CT molecular complexity index is 608. The maximum absolute atomic E-state index is 13.7. The molecule has 2 aliphatic rings. The van der Waals surface area contributed by atoms with E-state index >= 15 is 0 Å². The number of carbonyl (C=O) groups excluding carboxylic acids is 1. The second-order valence-electron chi connectivity index (χ2n) is 6.38. The number of amides is 1. The Hall–Kier alpha value is -0.880. The Morgan fingerprint density at radius 2 is 2.21 bits per heavy atom. The lowest BCUT2D eigenvalue weighted by Gasteiger charge is -2.34. The van der Waals surface area contributed by atoms with E-state index in [1.54, 1.807) is 4.90 Å². The molecule has 2 unspecified atom stereocenters. The van der Waals surface area contributed by atoms with Crippen LogP contribution in [0.15, 0.2) is 12.1 Å². The largest absolute Gasteiger partial charge is 0.370 e. The molecule has 1 aromatic carbocycles. The predicted octanol–water partition coefficient (Wildman–Crippen LogP) is 3.42. The topological polar surface area (TPSA) is 41.6 Å². The first-order chi connectivity index (χ1) is 11.5. The number of carbonyl (C=O) groups is 1. The van der Waals surface area contributed by atoms with Gasteiger partial charge in [0.2, 0.25) is 5.91 Å². The lowest BCUT2D eigenvalue weighted by atomic mass is 10.0. The number of hydrogen-bond donors (Lipinski definition) is 1. The van der Waals surface area contributed by atoms with E-state index in [4.69, 9.17) is 27.9 Å². The van der Waals surface area contributed by atoms with Crippen molar-refractivity contribution < 1.29 is 13.9 Å². The zero-order valence-corrected chi connectivity index (χ0v) is 14.9. The highest BCUT2D eigenvalue weighted by molar-refractivity contribution is 6.35. The van der Waals surface area contributed by atoms with Gasteiger partial charge in [-0.05, 0) is 44.0 Å². The first-order valence-electron chi connectivity index (χ1n) is 8.29. The van der Waals surface area contributed by atoms with Crippen molar-refractivity contribution in [2.24, 2.45) is 5.92 Å². The van der Waals surface area contributed by atoms with Crippen molar-refractivity contribution in [3.8, 4) is 0 Å². The molecule has 2 atom stereocenters. The summed E-state index contributed by atoms with van der Waals surface area (Å²) in [4.78, 5) is 14.3. The first kappa shape index (κ1) is 17.9. The normalized spacial score (nSPS) is 24.4. The summed E-state index contributed by atoms with van der Waals surface area (Å²) in [5.41, 5.74) is 0.538. The van der Waals surface area contributed by atoms with Gasteiger partial charge in [0.15, 0.2) is 0 Å². The number of morpholine rings is 1. The summed E-state index contributed by atoms with van der Waals surface area (Å²) in [6.45, 7) is 3.41. The molecule has 0 aliphatic carbocycles. The van der Waals surface area contributed by atoms with Crippen LogP contribution in [0.5, 0.6) is 0 Å². The molecule has 1 amide bonds. The molecule has 0 radical (unpaired) electrons. The third-order valence-electron chi connectivity index (χ3n) is 4.73. The molecule has 132 valence electrons. The Balaban J connectivity index is 1.61. The predicted molar refractivity (Wildman–Crippen MR) is 91.9 cm³/mol. The minimum Gasteiger partial charge on any atom is -0.370 e. The van der Waals surface area contributed by atoms with Crippen LogP contribution in [0.2, 0.25) is 10.0 Å². The average Bonchev–Trinajstić information content (AvgIpc) is 3.09. The fourth-order valence-electron chi connectivity index (χ4n) is 3.30. The van der Waals surface area contributed by atoms with Crippen LogP contribution in [0.25, 0.3) is 0 Å². The minimum absolute atomic E-state index is 0.0161. The molecule has 0 spiro atoms. The molecule has 2 aliphatic heterocycles. The van der Waals surface area contributed by atoms with E-state index in [2.05, 4.69) is 5.32 Å². The van der Waals surface area contributed by atoms with Crippen LogP contribution in [0.1, 0.15) is 30.9 Å². The molecule has 7 heteroatoms. The van der Waals surface area contributed by atoms with Crippen LogP contribution in [-0.2, 0) is 9.53 Å². The maximum atomic E-state index is 13.7. The molecule has 1 N–H and O–H groups in total. The number of rotatable bonds is 4. The van der Waals surface area contributed by atoms with Gasteiger partial charge in [0, 0.05) is 23.6 Å². The summed E-state index contributed by atoms with van der Waals surface area (Å²) >= 11 is 11.9. The van der Waals surface area contributed by atoms with Crippen molar-refractivity contribution in [3.63, 3.8) is 0 Å². The van der Waals surface area contributed by atoms with E-state index in [0.717, 1.165) is 25.9 Å². The number of hydrogen-bond acceptors (Lipinski definition) is 3. The summed E-state index contributed by atoms with van der Waals surface area (Å²) in [7, 11) is 0. The molecule has 2 saturated heterocycles. The third kappa shape index (κ3) is 4.20. The standard InChI is InChI=1S/C17H21Cl2FN2O2/c18-13-8-14(19)15(20)7-12(13)16-10-22(5-6-24-16)17(23)2-1-11-3-4-21-9-11/h7-8,11,16,21H,1-6,9-10H2. The lowest BCUT2D eigenvalue weighted by molar-refractivity contribution is -0.139. The van der Waals surface area contributed by atoms with Gasteiger partial charge in [-0.25, -0.2) is 4.39 Å². The fraction of sp³-hybridized carbons (Fsp3) is 0.588. The summed E-state index contributed by atoms with van der Waals surface area (Å²) in [6.07, 6.45) is 2.17. The van der Waals surface area contributed by atoms with Crippen molar-refractivity contribution in [1.82, 2.24) is 10.2 Å². The van der Waals surface area contributed by atoms with E-state index in [0.29, 0.717) is 42.6 Å². The van der Waals surface area contributed by atoms with Crippen LogP contribution < -0.4 is 5.32 Å². The second kappa shape index (κ2) is 8.00. The van der Waals surface area contributed by atoms with Gasteiger partial charge >= 0.3 is 0 Å². The molecule has 4 nitrogen and oxygen atoms in total. The molecule has 2 fully saturated rings. The van der Waals surface area contributed by atoms with Crippen LogP contribution >= 0.6 is 23.2 Å². The second-order valence-corrected chi connectivity index (χ2v) is 7.20. The SMILES string of the molecule is O=C(CCC1CCNC1)N1CCOC(c2cc(F)c(Cl)cc2Cl)C1. The Morgan fingerprint density at radius 1 is 1.38 bits per heavy atom. The molecule has 1 aromatic rings. The molecular formula is C17H21Cl2FN2O2. The monoisotopic (exact) mass is 374 g/mol. The van der Waals surface area contributed by atoms with Gasteiger partial charge in [-0.3, -0.25) is 4.79 Å². The average molecular weight is 375 g/mol. The van der Waals surface area contributed by atoms with E-state index < -0.39 is 11.9 Å². The van der Waals surface area contributed by atoms with Gasteiger partial charge in [-0.15, -0.1) is 0 Å². The van der Waals surface area contributed by atoms with E-state index in [9.17, 15) is 9.18 Å². The van der Waals surface area contributed by atoms with Crippen molar-refractivity contribution >= 4 is 29.1 Å². The fourth-order valence-corrected chi connectivity index (χ4v) is 3.80. The summed E-state index contributed by atoms with van der Waals surface area (Å²) in [6, 6.07) is 2.68. The Morgan fingerprint density at radius 3 is 2.96 bits per heavy atom. The van der Waals surface area contributed by atoms with Crippen molar-refractivity contribution in [2.75, 3.05) is 32.8 Å². The van der Waals surface area contributed by atoms with Gasteiger partial charge in [0.25, 0.3) is 0 Å². The highest BCUT2D eigenvalue weighted by Crippen LogP contribution is 2.32. The number of nitrogens with one attached hydrogen (secondary N) is 1. The lowest BCUT2D eigenvalue weighted by Crippen LogP contribution is -2.42. The third-order valence-corrected chi connectivity index (χ3v) is 5.35. The number of ether oxygens (including phenoxy) is 1. The van der Waals surface area contributed by atoms with Gasteiger partial charge in [-0.2, -0.15) is 0 Å². The summed E-state index contributed by atoms with van der Waals surface area (Å²) in [5, 5.41) is 3.66. The molecule has 24 heavy (non-hydrogen) atoms. The summed E-state index contributed by atoms with van der Waals surface area (Å²) in [5.74, 6) is 0.184. The van der Waals surface area contributed by atoms with Crippen molar-refractivity contribution in [2.45, 2.75) is 25.4 Å². The van der Waals surface area contributed by atoms with Crippen LogP contribution in [0.3, 0.4) is 0 Å². The zero-order chi connectivity index (χ0) is 17.1. The van der Waals surface area contributed by atoms with Crippen LogP contribution in [-0.4, -0.2) is 43.6 Å². The number of nitrogens with zero attached hydrogens (tertiary/aromatic N) is 1. The number of benzene rings is 1. The molecule has 0 aromatic heterocycles. The van der Waals surface area contributed by atoms with Crippen molar-refractivity contribution in [1.29, 1.82) is 0 Å². The van der Waals surface area contributed by atoms with Gasteiger partial charge in [0.1, 0.15) is 11.9 Å². The van der Waals surface area contributed by atoms with Gasteiger partial charge in [-0.1, -0.05) is 23.2 Å². The maximum Gasteiger partial charge on any atom is 0.222 e. The zero-order valence-electron chi connectivity index (χ0n) is 13.4. The van der Waals surface area contributed by atoms with Crippen LogP contribution in [0, 0.1) is 11.7 Å². The van der Waals surface area contributed by atoms with Crippen LogP contribution in [0.4, 0.5) is 4.39 Å². The number of halogens is 3. The first-order valence-corrected chi connectivity index (χ1v) is 9.04. The molecule has 2 heterocycles. The van der Waals surface area contributed by atoms with E-state index in [1.807, 2.05) is 0 Å². The van der Waals surface area contributed by atoms with Crippen molar-refractivity contribution in [3.05, 3.63) is 33.6 Å². The summed E-state index contributed by atoms with van der Waals surface area (Å²) < 4.78 is 19.4. The van der Waals surface area contributed by atoms with E-state index in [-0.39, 0.29) is 10.9 Å². The van der Waals surface area contributed by atoms with Gasteiger partial charge < -0.3 is 15.0 Å². The quantitative estimate of drug-likeness (QED) is 0.820. The molecule has 0 saturated carbocycles. The smallest absolute Gasteiger partial charge is 0.222 e. The Kier molecular flexibility index (Phi) is 5.98. The minimum atomic E-state index is -0.531. The Labute approximate surface area is 151 Å². The molecular weight excluding hydrogens is 354 g/mol.